The van der Waals surface area contributed by atoms with Gasteiger partial charge in [0.05, 0.1) is 29.1 Å². The van der Waals surface area contributed by atoms with Crippen LogP contribution in [0.2, 0.25) is 0 Å². The number of hydrogen-bond acceptors (Lipinski definition) is 8. The van der Waals surface area contributed by atoms with Crippen molar-refractivity contribution >= 4 is 40.3 Å². The third-order valence-corrected chi connectivity index (χ3v) is 6.27. The van der Waals surface area contributed by atoms with Gasteiger partial charge in [-0.15, -0.1) is 0 Å². The molecule has 4 rings (SSSR count). The van der Waals surface area contributed by atoms with Crippen molar-refractivity contribution in [2.75, 3.05) is 38.2 Å². The smallest absolute Gasteiger partial charge is 0.277 e. The fraction of sp³-hybridized carbons (Fsp3) is 0.320. The number of likely N-dealkylation sites (N-methyl/N-ethyl adjacent to an activating group) is 1. The van der Waals surface area contributed by atoms with Crippen LogP contribution in [0.1, 0.15) is 40.5 Å². The number of amides is 3. The molecule has 0 bridgehead atoms. The van der Waals surface area contributed by atoms with Gasteiger partial charge in [0.25, 0.3) is 5.91 Å². The van der Waals surface area contributed by atoms with Crippen molar-refractivity contribution in [2.24, 2.45) is 0 Å². The van der Waals surface area contributed by atoms with Crippen LogP contribution in [0.25, 0.3) is 11.0 Å². The summed E-state index contributed by atoms with van der Waals surface area (Å²) in [7, 11) is 3.31. The largest absolute Gasteiger partial charge is 0.383 e. The van der Waals surface area contributed by atoms with Crippen LogP contribution >= 0.6 is 0 Å². The van der Waals surface area contributed by atoms with E-state index in [4.69, 9.17) is 5.73 Å². The van der Waals surface area contributed by atoms with Crippen molar-refractivity contribution in [3.63, 3.8) is 0 Å². The number of carbonyl (C=O) groups excluding carboxylic acids is 3. The summed E-state index contributed by atoms with van der Waals surface area (Å²) in [6, 6.07) is 6.66. The van der Waals surface area contributed by atoms with Gasteiger partial charge in [-0.05, 0) is 36.6 Å². The molecule has 12 nitrogen and oxygen atoms in total. The minimum atomic E-state index is -0.589. The average Bonchev–Trinajstić information content (AvgIpc) is 3.30. The number of nitrogens with one attached hydrogen (secondary N) is 1. The Hall–Kier alpha value is -4.79. The van der Waals surface area contributed by atoms with Crippen molar-refractivity contribution in [1.29, 1.82) is 5.26 Å². The molecule has 1 saturated heterocycles. The fourth-order valence-corrected chi connectivity index (χ4v) is 4.31. The van der Waals surface area contributed by atoms with Crippen LogP contribution in [0.4, 0.5) is 11.5 Å². The van der Waals surface area contributed by atoms with Crippen molar-refractivity contribution in [1.82, 2.24) is 29.5 Å². The summed E-state index contributed by atoms with van der Waals surface area (Å²) in [5.74, 6) is -0.778. The molecule has 1 aliphatic rings. The van der Waals surface area contributed by atoms with E-state index < -0.39 is 5.91 Å². The molecule has 0 radical (unpaired) electrons. The molecule has 37 heavy (non-hydrogen) atoms. The number of anilines is 2. The number of carbonyl (C=O) groups is 3. The van der Waals surface area contributed by atoms with Gasteiger partial charge in [0.2, 0.25) is 11.8 Å². The summed E-state index contributed by atoms with van der Waals surface area (Å²) in [6.45, 7) is 4.55. The van der Waals surface area contributed by atoms with E-state index in [9.17, 15) is 19.6 Å². The van der Waals surface area contributed by atoms with E-state index in [2.05, 4.69) is 33.0 Å². The molecule has 12 heteroatoms. The topological polar surface area (TPSA) is 163 Å². The zero-order chi connectivity index (χ0) is 26.7. The normalized spacial score (nSPS) is 15.2. The lowest BCUT2D eigenvalue weighted by Crippen LogP contribution is -2.40. The molecular weight excluding hydrogens is 474 g/mol. The standard InChI is InChI=1S/C25H27N9O3/c1-4-19(35)33-9-5-6-17(13-33)34-24-21(23(27)28-14-29-24)22(31-34)25(37)30-18-8-7-15(10-16(18)12-26)11-20(36)32(2)3/h4,7-8,10,14,17H,1,5-6,9,11,13H2,2-3H3,(H,30,37)(H2,27,28,29)/t17-/m1/s1. The summed E-state index contributed by atoms with van der Waals surface area (Å²) in [4.78, 5) is 49.1. The SMILES string of the molecule is C=CC(=O)N1CCC[C@@H](n2nc(C(=O)Nc3ccc(CC(=O)N(C)C)cc3C#N)c3c(N)ncnc32)C1. The molecular formula is C25H27N9O3. The first kappa shape index (κ1) is 25.3. The monoisotopic (exact) mass is 501 g/mol. The van der Waals surface area contributed by atoms with Crippen molar-refractivity contribution in [2.45, 2.75) is 25.3 Å². The lowest BCUT2D eigenvalue weighted by Gasteiger charge is -2.32. The minimum Gasteiger partial charge on any atom is -0.383 e. The lowest BCUT2D eigenvalue weighted by atomic mass is 10.1. The summed E-state index contributed by atoms with van der Waals surface area (Å²) < 4.78 is 1.62. The second kappa shape index (κ2) is 10.4. The minimum absolute atomic E-state index is 0.0102. The van der Waals surface area contributed by atoms with Crippen LogP contribution in [0.15, 0.2) is 37.2 Å². The molecule has 3 aromatic rings. The fourth-order valence-electron chi connectivity index (χ4n) is 4.31. The molecule has 3 N–H and O–H groups in total. The Morgan fingerprint density at radius 3 is 2.81 bits per heavy atom. The molecule has 3 amide bonds. The summed E-state index contributed by atoms with van der Waals surface area (Å²) >= 11 is 0. The molecule has 1 aromatic carbocycles. The number of likely N-dealkylation sites (tertiary alicyclic amines) is 1. The number of benzene rings is 1. The van der Waals surface area contributed by atoms with Crippen LogP contribution in [0.3, 0.4) is 0 Å². The van der Waals surface area contributed by atoms with Gasteiger partial charge in [0.1, 0.15) is 18.2 Å². The highest BCUT2D eigenvalue weighted by Crippen LogP contribution is 2.29. The Morgan fingerprint density at radius 2 is 2.11 bits per heavy atom. The predicted octanol–water partition coefficient (Wildman–Crippen LogP) is 1.51. The number of aromatic nitrogens is 4. The van der Waals surface area contributed by atoms with Gasteiger partial charge < -0.3 is 20.9 Å². The first-order valence-electron chi connectivity index (χ1n) is 11.7. The Labute approximate surface area is 213 Å². The number of fused-ring (bicyclic) bond motifs is 1. The number of nitriles is 1. The number of piperidine rings is 1. The van der Waals surface area contributed by atoms with E-state index in [0.717, 1.165) is 12.8 Å². The van der Waals surface area contributed by atoms with E-state index in [-0.39, 0.29) is 47.0 Å². The van der Waals surface area contributed by atoms with Crippen LogP contribution < -0.4 is 11.1 Å². The number of rotatable bonds is 6. The Bertz CT molecular complexity index is 1440. The maximum absolute atomic E-state index is 13.4. The molecule has 1 atom stereocenters. The van der Waals surface area contributed by atoms with E-state index in [0.29, 0.717) is 29.7 Å². The molecule has 0 spiro atoms. The van der Waals surface area contributed by atoms with Crippen LogP contribution in [-0.4, -0.2) is 74.5 Å². The zero-order valence-corrected chi connectivity index (χ0v) is 20.6. The van der Waals surface area contributed by atoms with Crippen LogP contribution in [0.5, 0.6) is 0 Å². The molecule has 3 heterocycles. The van der Waals surface area contributed by atoms with Gasteiger partial charge in [-0.2, -0.15) is 10.4 Å². The molecule has 1 aliphatic heterocycles. The van der Waals surface area contributed by atoms with Gasteiger partial charge in [-0.3, -0.25) is 14.4 Å². The maximum atomic E-state index is 13.4. The van der Waals surface area contributed by atoms with Crippen molar-refractivity contribution in [3.8, 4) is 6.07 Å². The first-order chi connectivity index (χ1) is 17.7. The van der Waals surface area contributed by atoms with Gasteiger partial charge in [-0.1, -0.05) is 12.6 Å². The van der Waals surface area contributed by atoms with E-state index in [1.807, 2.05) is 0 Å². The molecule has 2 aromatic heterocycles. The van der Waals surface area contributed by atoms with Crippen molar-refractivity contribution < 1.29 is 14.4 Å². The van der Waals surface area contributed by atoms with Crippen LogP contribution in [0, 0.1) is 11.3 Å². The molecule has 0 unspecified atom stereocenters. The Morgan fingerprint density at radius 1 is 1.32 bits per heavy atom. The number of nitrogens with two attached hydrogens (primary N) is 1. The summed E-state index contributed by atoms with van der Waals surface area (Å²) in [6.07, 6.45) is 4.19. The molecule has 1 fully saturated rings. The second-order valence-corrected chi connectivity index (χ2v) is 8.95. The maximum Gasteiger partial charge on any atom is 0.277 e. The summed E-state index contributed by atoms with van der Waals surface area (Å²) in [5.41, 5.74) is 7.64. The number of nitrogens with zero attached hydrogens (tertiary/aromatic N) is 7. The lowest BCUT2D eigenvalue weighted by molar-refractivity contribution is -0.128. The molecule has 0 aliphatic carbocycles. The quantitative estimate of drug-likeness (QED) is 0.480. The molecule has 190 valence electrons. The van der Waals surface area contributed by atoms with Crippen LogP contribution in [-0.2, 0) is 16.0 Å². The highest BCUT2D eigenvalue weighted by molar-refractivity contribution is 6.13. The van der Waals surface area contributed by atoms with Gasteiger partial charge in [0, 0.05) is 27.2 Å². The number of nitrogen functional groups attached to an aromatic ring is 1. The summed E-state index contributed by atoms with van der Waals surface area (Å²) in [5, 5.41) is 17.2. The predicted molar refractivity (Wildman–Crippen MR) is 136 cm³/mol. The third-order valence-electron chi connectivity index (χ3n) is 6.27. The second-order valence-electron chi connectivity index (χ2n) is 8.95. The van der Waals surface area contributed by atoms with E-state index in [1.54, 1.807) is 41.9 Å². The highest BCUT2D eigenvalue weighted by Gasteiger charge is 2.29. The van der Waals surface area contributed by atoms with E-state index in [1.165, 1.54) is 17.3 Å². The Kier molecular flexibility index (Phi) is 7.15. The van der Waals surface area contributed by atoms with Crippen molar-refractivity contribution in [3.05, 3.63) is 54.0 Å². The zero-order valence-electron chi connectivity index (χ0n) is 20.6. The van der Waals surface area contributed by atoms with E-state index >= 15 is 0 Å². The highest BCUT2D eigenvalue weighted by atomic mass is 16.2. The average molecular weight is 502 g/mol. The third kappa shape index (κ3) is 5.11. The van der Waals surface area contributed by atoms with Gasteiger partial charge in [0.15, 0.2) is 11.3 Å². The van der Waals surface area contributed by atoms with Gasteiger partial charge in [-0.25, -0.2) is 14.6 Å². The Balaban J connectivity index is 1.66. The molecule has 0 saturated carbocycles. The first-order valence-corrected chi connectivity index (χ1v) is 11.7. The number of hydrogen-bond donors (Lipinski definition) is 2. The van der Waals surface area contributed by atoms with Gasteiger partial charge >= 0.3 is 0 Å².